The largest absolute Gasteiger partial charge is 0.478 e. The molecule has 118 valence electrons. The third-order valence-electron chi connectivity index (χ3n) is 3.61. The highest BCUT2D eigenvalue weighted by Gasteiger charge is 2.36. The van der Waals surface area contributed by atoms with Crippen LogP contribution in [0.2, 0.25) is 5.02 Å². The predicted octanol–water partition coefficient (Wildman–Crippen LogP) is 1.89. The van der Waals surface area contributed by atoms with Crippen LogP contribution in [0.1, 0.15) is 24.0 Å². The molecule has 0 bridgehead atoms. The van der Waals surface area contributed by atoms with Crippen LogP contribution in [0.5, 0.6) is 5.88 Å². The molecule has 7 nitrogen and oxygen atoms in total. The summed E-state index contributed by atoms with van der Waals surface area (Å²) in [4.78, 5) is 29.3. The number of aliphatic carboxylic acids is 1. The van der Waals surface area contributed by atoms with Gasteiger partial charge >= 0.3 is 11.7 Å². The summed E-state index contributed by atoms with van der Waals surface area (Å²) in [6, 6.07) is 6.69. The van der Waals surface area contributed by atoms with Crippen molar-refractivity contribution >= 4 is 23.4 Å². The van der Waals surface area contributed by atoms with E-state index in [1.807, 2.05) is 0 Å². The van der Waals surface area contributed by atoms with Gasteiger partial charge < -0.3 is 15.6 Å². The van der Waals surface area contributed by atoms with Gasteiger partial charge in [-0.05, 0) is 24.6 Å². The first kappa shape index (κ1) is 15.1. The summed E-state index contributed by atoms with van der Waals surface area (Å²) < 4.78 is 5.40. The van der Waals surface area contributed by atoms with Crippen LogP contribution < -0.4 is 16.2 Å². The van der Waals surface area contributed by atoms with E-state index in [0.29, 0.717) is 16.1 Å². The number of nitrogen functional groups attached to an aromatic ring is 1. The first-order valence-corrected chi connectivity index (χ1v) is 7.03. The number of hydrogen-bond donors (Lipinski definition) is 3. The van der Waals surface area contributed by atoms with Crippen LogP contribution in [0.25, 0.3) is 0 Å². The van der Waals surface area contributed by atoms with Gasteiger partial charge in [0.15, 0.2) is 0 Å². The first-order chi connectivity index (χ1) is 10.9. The summed E-state index contributed by atoms with van der Waals surface area (Å²) in [5.74, 6) is -1.68. The molecule has 8 heteroatoms. The van der Waals surface area contributed by atoms with Crippen LogP contribution in [0.3, 0.4) is 0 Å². The number of carboxylic acids is 1. The zero-order chi connectivity index (χ0) is 16.7. The molecule has 0 aliphatic carbocycles. The molecule has 1 aliphatic heterocycles. The predicted molar refractivity (Wildman–Crippen MR) is 83.5 cm³/mol. The van der Waals surface area contributed by atoms with Gasteiger partial charge in [0.1, 0.15) is 11.6 Å². The molecule has 0 spiro atoms. The molecule has 2 aromatic rings. The van der Waals surface area contributed by atoms with Gasteiger partial charge in [-0.3, -0.25) is 4.98 Å². The molecule has 0 fully saturated rings. The van der Waals surface area contributed by atoms with Crippen LogP contribution in [-0.4, -0.2) is 21.0 Å². The molecule has 23 heavy (non-hydrogen) atoms. The molecule has 0 saturated heterocycles. The number of hydrogen-bond acceptors (Lipinski definition) is 5. The number of aromatic amines is 1. The van der Waals surface area contributed by atoms with Crippen molar-refractivity contribution < 1.29 is 14.6 Å². The maximum Gasteiger partial charge on any atom is 0.349 e. The number of carbonyl (C=O) groups is 1. The smallest absolute Gasteiger partial charge is 0.349 e. The summed E-state index contributed by atoms with van der Waals surface area (Å²) >= 11 is 5.89. The summed E-state index contributed by atoms with van der Waals surface area (Å²) in [5, 5.41) is 10.1. The van der Waals surface area contributed by atoms with E-state index in [0.717, 1.165) is 0 Å². The first-order valence-electron chi connectivity index (χ1n) is 6.65. The fourth-order valence-corrected chi connectivity index (χ4v) is 2.77. The van der Waals surface area contributed by atoms with Gasteiger partial charge in [0.2, 0.25) is 5.88 Å². The van der Waals surface area contributed by atoms with Crippen LogP contribution in [-0.2, 0) is 4.79 Å². The van der Waals surface area contributed by atoms with Crippen molar-refractivity contribution in [1.29, 1.82) is 0 Å². The van der Waals surface area contributed by atoms with E-state index in [9.17, 15) is 14.7 Å². The second-order valence-electron chi connectivity index (χ2n) is 5.04. The average Bonchev–Trinajstić information content (AvgIpc) is 2.45. The highest BCUT2D eigenvalue weighted by atomic mass is 35.5. The number of benzene rings is 1. The van der Waals surface area contributed by atoms with E-state index in [1.54, 1.807) is 24.3 Å². The average molecular weight is 334 g/mol. The molecule has 4 N–H and O–H groups in total. The molecule has 3 rings (SSSR count). The summed E-state index contributed by atoms with van der Waals surface area (Å²) in [6.45, 7) is 1.51. The fraction of sp³-hybridized carbons (Fsp3) is 0.133. The van der Waals surface area contributed by atoms with E-state index in [-0.39, 0.29) is 23.0 Å². The van der Waals surface area contributed by atoms with E-state index in [2.05, 4.69) is 9.97 Å². The number of ether oxygens (including phenoxy) is 1. The molecule has 1 aromatic heterocycles. The molecular formula is C15H12ClN3O4. The van der Waals surface area contributed by atoms with E-state index in [4.69, 9.17) is 22.1 Å². The summed E-state index contributed by atoms with van der Waals surface area (Å²) in [7, 11) is 0. The number of rotatable bonds is 2. The van der Waals surface area contributed by atoms with E-state index >= 15 is 0 Å². The molecule has 0 saturated carbocycles. The van der Waals surface area contributed by atoms with Crippen molar-refractivity contribution in [2.75, 3.05) is 5.73 Å². The second kappa shape index (κ2) is 5.44. The standard InChI is InChI=1S/C15H12ClN3O4/c1-6-9(14(20)21)10(7-2-4-8(16)5-3-7)11-12(17)18-15(22)19-13(11)23-6/h2-5,10H,1H3,(H,20,21)(H3,17,18,19,22). The maximum atomic E-state index is 11.7. The number of halogens is 1. The zero-order valence-corrected chi connectivity index (χ0v) is 12.7. The zero-order valence-electron chi connectivity index (χ0n) is 12.0. The summed E-state index contributed by atoms with van der Waals surface area (Å²) in [5.41, 5.74) is 6.22. The molecule has 2 heterocycles. The summed E-state index contributed by atoms with van der Waals surface area (Å²) in [6.07, 6.45) is 0. The normalized spacial score (nSPS) is 16.7. The van der Waals surface area contributed by atoms with Crippen molar-refractivity contribution in [1.82, 2.24) is 9.97 Å². The van der Waals surface area contributed by atoms with Crippen molar-refractivity contribution in [2.24, 2.45) is 0 Å². The lowest BCUT2D eigenvalue weighted by Crippen LogP contribution is -2.26. The quantitative estimate of drug-likeness (QED) is 0.772. The maximum absolute atomic E-state index is 11.7. The lowest BCUT2D eigenvalue weighted by molar-refractivity contribution is -0.133. The third kappa shape index (κ3) is 2.55. The van der Waals surface area contributed by atoms with Crippen molar-refractivity contribution in [3.63, 3.8) is 0 Å². The third-order valence-corrected chi connectivity index (χ3v) is 3.86. The van der Waals surface area contributed by atoms with Crippen molar-refractivity contribution in [3.05, 3.63) is 62.2 Å². The Balaban J connectivity index is 2.31. The Hall–Kier alpha value is -2.80. The Morgan fingerprint density at radius 2 is 2.04 bits per heavy atom. The molecule has 1 aliphatic rings. The van der Waals surface area contributed by atoms with Crippen molar-refractivity contribution in [2.45, 2.75) is 12.8 Å². The van der Waals surface area contributed by atoms with Crippen LogP contribution in [0, 0.1) is 0 Å². The van der Waals surface area contributed by atoms with Crippen LogP contribution in [0.4, 0.5) is 5.82 Å². The molecule has 0 amide bonds. The number of carboxylic acid groups (broad SMARTS) is 1. The fourth-order valence-electron chi connectivity index (χ4n) is 2.65. The lowest BCUT2D eigenvalue weighted by Gasteiger charge is -2.27. The number of nitrogens with two attached hydrogens (primary N) is 1. The number of aromatic nitrogens is 2. The van der Waals surface area contributed by atoms with Gasteiger partial charge in [0, 0.05) is 5.02 Å². The number of allylic oxidation sites excluding steroid dienone is 1. The van der Waals surface area contributed by atoms with Gasteiger partial charge in [0.25, 0.3) is 0 Å². The number of fused-ring (bicyclic) bond motifs is 1. The minimum absolute atomic E-state index is 0.00806. The van der Waals surface area contributed by atoms with Gasteiger partial charge in [-0.1, -0.05) is 23.7 Å². The Bertz CT molecular complexity index is 887. The Labute approximate surface area is 135 Å². The molecule has 1 atom stereocenters. The Kier molecular flexibility index (Phi) is 3.57. The molecule has 1 aromatic carbocycles. The molecule has 0 radical (unpaired) electrons. The SMILES string of the molecule is CC1=C(C(=O)O)C(c2ccc(Cl)cc2)c2c(nc(=O)[nH]c2N)O1. The van der Waals surface area contributed by atoms with Crippen LogP contribution >= 0.6 is 11.6 Å². The van der Waals surface area contributed by atoms with Gasteiger partial charge in [-0.2, -0.15) is 4.98 Å². The van der Waals surface area contributed by atoms with E-state index in [1.165, 1.54) is 6.92 Å². The Morgan fingerprint density at radius 3 is 2.65 bits per heavy atom. The topological polar surface area (TPSA) is 118 Å². The molecule has 1 unspecified atom stereocenters. The van der Waals surface area contributed by atoms with Gasteiger partial charge in [0.05, 0.1) is 17.1 Å². The molecular weight excluding hydrogens is 322 g/mol. The van der Waals surface area contributed by atoms with Gasteiger partial charge in [-0.25, -0.2) is 9.59 Å². The minimum atomic E-state index is -1.14. The number of nitrogens with zero attached hydrogens (tertiary/aromatic N) is 1. The lowest BCUT2D eigenvalue weighted by atomic mass is 9.83. The number of anilines is 1. The second-order valence-corrected chi connectivity index (χ2v) is 5.47. The highest BCUT2D eigenvalue weighted by Crippen LogP contribution is 2.43. The monoisotopic (exact) mass is 333 g/mol. The highest BCUT2D eigenvalue weighted by molar-refractivity contribution is 6.30. The van der Waals surface area contributed by atoms with Gasteiger partial charge in [-0.15, -0.1) is 0 Å². The number of nitrogens with one attached hydrogen (secondary N) is 1. The minimum Gasteiger partial charge on any atom is -0.478 e. The van der Waals surface area contributed by atoms with E-state index < -0.39 is 17.6 Å². The Morgan fingerprint density at radius 1 is 1.39 bits per heavy atom. The number of H-pyrrole nitrogens is 1. The van der Waals surface area contributed by atoms with Crippen molar-refractivity contribution in [3.8, 4) is 5.88 Å². The van der Waals surface area contributed by atoms with Crippen LogP contribution in [0.15, 0.2) is 40.4 Å².